The number of halogens is 1. The predicted molar refractivity (Wildman–Crippen MR) is 66.8 cm³/mol. The van der Waals surface area contributed by atoms with Gasteiger partial charge in [0.1, 0.15) is 9.84 Å². The van der Waals surface area contributed by atoms with Crippen molar-refractivity contribution in [3.05, 3.63) is 24.0 Å². The Bertz CT molecular complexity index is 448. The van der Waals surface area contributed by atoms with Crippen molar-refractivity contribution in [1.82, 2.24) is 4.98 Å². The molecule has 0 bridgehead atoms. The number of aromatic nitrogens is 1. The van der Waals surface area contributed by atoms with Gasteiger partial charge in [-0.15, -0.1) is 11.6 Å². The number of sulfone groups is 1. The maximum atomic E-state index is 11.0. The smallest absolute Gasteiger partial charge is 0.149 e. The largest absolute Gasteiger partial charge is 0.373 e. The molecule has 0 aliphatic heterocycles. The predicted octanol–water partition coefficient (Wildman–Crippen LogP) is 1.30. The summed E-state index contributed by atoms with van der Waals surface area (Å²) in [6.07, 6.45) is 2.90. The first-order valence-electron chi connectivity index (χ1n) is 4.82. The van der Waals surface area contributed by atoms with Crippen LogP contribution < -0.4 is 4.90 Å². The third kappa shape index (κ3) is 4.37. The van der Waals surface area contributed by atoms with Gasteiger partial charge in [-0.1, -0.05) is 0 Å². The Kier molecular flexibility index (Phi) is 4.56. The van der Waals surface area contributed by atoms with Crippen molar-refractivity contribution in [3.8, 4) is 0 Å². The molecule has 16 heavy (non-hydrogen) atoms. The van der Waals surface area contributed by atoms with E-state index in [2.05, 4.69) is 4.98 Å². The van der Waals surface area contributed by atoms with Gasteiger partial charge in [0.25, 0.3) is 0 Å². The van der Waals surface area contributed by atoms with E-state index in [-0.39, 0.29) is 5.75 Å². The second-order valence-corrected chi connectivity index (χ2v) is 6.22. The number of alkyl halides is 1. The first-order valence-corrected chi connectivity index (χ1v) is 7.41. The molecular formula is C10H15ClN2O2S. The molecule has 0 radical (unpaired) electrons. The lowest BCUT2D eigenvalue weighted by atomic mass is 10.3. The van der Waals surface area contributed by atoms with Gasteiger partial charge in [-0.2, -0.15) is 0 Å². The van der Waals surface area contributed by atoms with Crippen molar-refractivity contribution < 1.29 is 8.42 Å². The Morgan fingerprint density at radius 2 is 2.19 bits per heavy atom. The van der Waals surface area contributed by atoms with Crippen LogP contribution in [-0.4, -0.2) is 39.0 Å². The van der Waals surface area contributed by atoms with Crippen LogP contribution in [0.15, 0.2) is 18.3 Å². The van der Waals surface area contributed by atoms with E-state index in [0.29, 0.717) is 12.4 Å². The van der Waals surface area contributed by atoms with Gasteiger partial charge in [-0.3, -0.25) is 4.98 Å². The number of hydrogen-bond acceptors (Lipinski definition) is 4. The Labute approximate surface area is 101 Å². The average Bonchev–Trinajstić information content (AvgIpc) is 2.25. The third-order valence-corrected chi connectivity index (χ3v) is 3.37. The highest BCUT2D eigenvalue weighted by Crippen LogP contribution is 2.13. The minimum Gasteiger partial charge on any atom is -0.373 e. The molecule has 0 spiro atoms. The summed E-state index contributed by atoms with van der Waals surface area (Å²) >= 11 is 5.68. The van der Waals surface area contributed by atoms with Crippen LogP contribution in [0.25, 0.3) is 0 Å². The highest BCUT2D eigenvalue weighted by molar-refractivity contribution is 7.90. The van der Waals surface area contributed by atoms with Crippen LogP contribution in [0.3, 0.4) is 0 Å². The van der Waals surface area contributed by atoms with Crippen LogP contribution in [0.1, 0.15) is 5.69 Å². The van der Waals surface area contributed by atoms with Crippen LogP contribution in [0, 0.1) is 0 Å². The van der Waals surface area contributed by atoms with Crippen molar-refractivity contribution in [2.45, 2.75) is 5.88 Å². The lowest BCUT2D eigenvalue weighted by Crippen LogP contribution is -2.24. The zero-order chi connectivity index (χ0) is 12.2. The molecule has 1 aromatic rings. The minimum absolute atomic E-state index is 0.141. The normalized spacial score (nSPS) is 11.4. The van der Waals surface area contributed by atoms with Gasteiger partial charge in [0.05, 0.1) is 17.3 Å². The van der Waals surface area contributed by atoms with Gasteiger partial charge in [-0.25, -0.2) is 8.42 Å². The van der Waals surface area contributed by atoms with Crippen molar-refractivity contribution in [3.63, 3.8) is 0 Å². The molecule has 1 aromatic heterocycles. The van der Waals surface area contributed by atoms with E-state index in [4.69, 9.17) is 11.6 Å². The zero-order valence-corrected chi connectivity index (χ0v) is 10.9. The molecule has 0 atom stereocenters. The molecule has 4 nitrogen and oxygen atoms in total. The molecule has 0 aliphatic carbocycles. The molecule has 0 fully saturated rings. The van der Waals surface area contributed by atoms with E-state index < -0.39 is 9.84 Å². The molecular weight excluding hydrogens is 248 g/mol. The molecule has 1 rings (SSSR count). The minimum atomic E-state index is -2.93. The van der Waals surface area contributed by atoms with Crippen LogP contribution >= 0.6 is 11.6 Å². The van der Waals surface area contributed by atoms with Crippen molar-refractivity contribution in [2.75, 3.05) is 30.5 Å². The Morgan fingerprint density at radius 1 is 1.50 bits per heavy atom. The molecule has 90 valence electrons. The second-order valence-electron chi connectivity index (χ2n) is 3.69. The van der Waals surface area contributed by atoms with Gasteiger partial charge in [0.2, 0.25) is 0 Å². The second kappa shape index (κ2) is 5.50. The Morgan fingerprint density at radius 3 is 2.75 bits per heavy atom. The van der Waals surface area contributed by atoms with Gasteiger partial charge >= 0.3 is 0 Å². The summed E-state index contributed by atoms with van der Waals surface area (Å²) < 4.78 is 22.1. The summed E-state index contributed by atoms with van der Waals surface area (Å²) in [5, 5.41) is 0. The topological polar surface area (TPSA) is 50.3 Å². The standard InChI is InChI=1S/C10H15ClN2O2S/c1-13(5-6-16(2,14)15)10-3-4-12-9(7-10)8-11/h3-4,7H,5-6,8H2,1-2H3. The van der Waals surface area contributed by atoms with E-state index in [9.17, 15) is 8.42 Å². The lowest BCUT2D eigenvalue weighted by molar-refractivity contribution is 0.601. The maximum absolute atomic E-state index is 11.0. The van der Waals surface area contributed by atoms with E-state index in [1.165, 1.54) is 6.26 Å². The van der Waals surface area contributed by atoms with E-state index >= 15 is 0 Å². The molecule has 0 N–H and O–H groups in total. The van der Waals surface area contributed by atoms with Gasteiger partial charge < -0.3 is 4.90 Å². The van der Waals surface area contributed by atoms with E-state index in [1.54, 1.807) is 6.20 Å². The van der Waals surface area contributed by atoms with E-state index in [0.717, 1.165) is 11.4 Å². The molecule has 0 aromatic carbocycles. The third-order valence-electron chi connectivity index (χ3n) is 2.18. The lowest BCUT2D eigenvalue weighted by Gasteiger charge is -2.18. The van der Waals surface area contributed by atoms with Crippen molar-refractivity contribution in [1.29, 1.82) is 0 Å². The van der Waals surface area contributed by atoms with Crippen LogP contribution in [0.4, 0.5) is 5.69 Å². The summed E-state index contributed by atoms with van der Waals surface area (Å²) in [7, 11) is -1.08. The average molecular weight is 263 g/mol. The highest BCUT2D eigenvalue weighted by Gasteiger charge is 2.07. The number of hydrogen-bond donors (Lipinski definition) is 0. The Hall–Kier alpha value is -0.810. The molecule has 0 unspecified atom stereocenters. The fourth-order valence-corrected chi connectivity index (χ4v) is 1.96. The van der Waals surface area contributed by atoms with Crippen molar-refractivity contribution in [2.24, 2.45) is 0 Å². The Balaban J connectivity index is 2.69. The molecule has 0 saturated carbocycles. The quantitative estimate of drug-likeness (QED) is 0.751. The summed E-state index contributed by atoms with van der Waals surface area (Å²) in [6, 6.07) is 3.69. The van der Waals surface area contributed by atoms with Crippen molar-refractivity contribution >= 4 is 27.1 Å². The van der Waals surface area contributed by atoms with E-state index in [1.807, 2.05) is 24.1 Å². The number of pyridine rings is 1. The first kappa shape index (κ1) is 13.3. The highest BCUT2D eigenvalue weighted by atomic mass is 35.5. The van der Waals surface area contributed by atoms with Crippen LogP contribution in [0.2, 0.25) is 0 Å². The summed E-state index contributed by atoms with van der Waals surface area (Å²) in [5.74, 6) is 0.496. The van der Waals surface area contributed by atoms with Gasteiger partial charge in [-0.05, 0) is 12.1 Å². The maximum Gasteiger partial charge on any atom is 0.149 e. The molecule has 0 aliphatic rings. The number of nitrogens with zero attached hydrogens (tertiary/aromatic N) is 2. The summed E-state index contributed by atoms with van der Waals surface area (Å²) in [6.45, 7) is 0.463. The monoisotopic (exact) mass is 262 g/mol. The molecule has 0 saturated heterocycles. The zero-order valence-electron chi connectivity index (χ0n) is 9.35. The fourth-order valence-electron chi connectivity index (χ4n) is 1.21. The molecule has 1 heterocycles. The fraction of sp³-hybridized carbons (Fsp3) is 0.500. The SMILES string of the molecule is CN(CCS(C)(=O)=O)c1ccnc(CCl)c1. The summed E-state index contributed by atoms with van der Waals surface area (Å²) in [4.78, 5) is 5.95. The summed E-state index contributed by atoms with van der Waals surface area (Å²) in [5.41, 5.74) is 1.71. The van der Waals surface area contributed by atoms with Gasteiger partial charge in [0, 0.05) is 31.7 Å². The first-order chi connectivity index (χ1) is 7.42. The molecule has 0 amide bonds. The van der Waals surface area contributed by atoms with Gasteiger partial charge in [0.15, 0.2) is 0 Å². The van der Waals surface area contributed by atoms with Crippen LogP contribution in [-0.2, 0) is 15.7 Å². The number of rotatable bonds is 5. The van der Waals surface area contributed by atoms with Crippen LogP contribution in [0.5, 0.6) is 0 Å². The number of anilines is 1. The molecule has 6 heteroatoms.